The van der Waals surface area contributed by atoms with E-state index in [2.05, 4.69) is 207 Å². The molecule has 0 spiro atoms. The summed E-state index contributed by atoms with van der Waals surface area (Å²) in [6.45, 7) is 4.72. The fourth-order valence-electron chi connectivity index (χ4n) is 9.17. The SMILES string of the molecule is CC1(C)c2ccccc2-c2ccc(N(c3ccc(-c4cccc5ccccc45)cc3)c3ccc(-c4cccc5ccc6sc7ccccc7c6c45)cc3)cc21. The Labute approximate surface area is 325 Å². The van der Waals surface area contributed by atoms with Gasteiger partial charge in [0, 0.05) is 42.6 Å². The molecular formula is C53H37NS. The van der Waals surface area contributed by atoms with Gasteiger partial charge in [-0.1, -0.05) is 153 Å². The van der Waals surface area contributed by atoms with Crippen LogP contribution >= 0.6 is 11.3 Å². The number of hydrogen-bond donors (Lipinski definition) is 0. The molecule has 1 aliphatic carbocycles. The van der Waals surface area contributed by atoms with Gasteiger partial charge in [-0.15, -0.1) is 11.3 Å². The van der Waals surface area contributed by atoms with E-state index in [1.54, 1.807) is 0 Å². The lowest BCUT2D eigenvalue weighted by Crippen LogP contribution is -2.16. The third-order valence-electron chi connectivity index (χ3n) is 11.9. The average Bonchev–Trinajstić information content (AvgIpc) is 3.73. The zero-order valence-corrected chi connectivity index (χ0v) is 31.6. The minimum atomic E-state index is -0.0960. The van der Waals surface area contributed by atoms with Crippen LogP contribution in [0.4, 0.5) is 17.1 Å². The predicted molar refractivity (Wildman–Crippen MR) is 237 cm³/mol. The van der Waals surface area contributed by atoms with Crippen molar-refractivity contribution in [1.29, 1.82) is 0 Å². The van der Waals surface area contributed by atoms with E-state index >= 15 is 0 Å². The number of fused-ring (bicyclic) bond motifs is 9. The molecule has 0 fully saturated rings. The fourth-order valence-corrected chi connectivity index (χ4v) is 10.3. The van der Waals surface area contributed by atoms with E-state index in [-0.39, 0.29) is 5.41 Å². The molecule has 0 bridgehead atoms. The first-order chi connectivity index (χ1) is 27.0. The van der Waals surface area contributed by atoms with Crippen molar-refractivity contribution in [2.75, 3.05) is 4.90 Å². The smallest absolute Gasteiger partial charge is 0.0465 e. The molecule has 0 radical (unpaired) electrons. The molecule has 0 saturated carbocycles. The second-order valence-corrected chi connectivity index (χ2v) is 16.4. The van der Waals surface area contributed by atoms with Crippen LogP contribution in [0.2, 0.25) is 0 Å². The molecule has 1 nitrogen and oxygen atoms in total. The highest BCUT2D eigenvalue weighted by molar-refractivity contribution is 7.26. The Morgan fingerprint density at radius 3 is 1.76 bits per heavy atom. The fraction of sp³-hybridized carbons (Fsp3) is 0.0566. The molecule has 0 saturated heterocycles. The highest BCUT2D eigenvalue weighted by atomic mass is 32.1. The highest BCUT2D eigenvalue weighted by Gasteiger charge is 2.35. The number of hydrogen-bond acceptors (Lipinski definition) is 2. The van der Waals surface area contributed by atoms with Gasteiger partial charge in [-0.25, -0.2) is 0 Å². The Balaban J connectivity index is 1.06. The van der Waals surface area contributed by atoms with Crippen LogP contribution in [0.25, 0.3) is 75.1 Å². The topological polar surface area (TPSA) is 3.24 Å². The molecule has 9 aromatic carbocycles. The van der Waals surface area contributed by atoms with E-state index < -0.39 is 0 Å². The van der Waals surface area contributed by atoms with Gasteiger partial charge in [0.25, 0.3) is 0 Å². The van der Waals surface area contributed by atoms with E-state index in [9.17, 15) is 0 Å². The van der Waals surface area contributed by atoms with Crippen molar-refractivity contribution in [3.63, 3.8) is 0 Å². The van der Waals surface area contributed by atoms with E-state index in [0.717, 1.165) is 17.1 Å². The van der Waals surface area contributed by atoms with E-state index in [4.69, 9.17) is 0 Å². The Bertz CT molecular complexity index is 3110. The van der Waals surface area contributed by atoms with E-state index in [1.165, 1.54) is 86.2 Å². The van der Waals surface area contributed by atoms with Crippen molar-refractivity contribution in [2.24, 2.45) is 0 Å². The number of nitrogens with zero attached hydrogens (tertiary/aromatic N) is 1. The summed E-state index contributed by atoms with van der Waals surface area (Å²) in [5.74, 6) is 0. The van der Waals surface area contributed by atoms with Gasteiger partial charge in [0.1, 0.15) is 0 Å². The standard InChI is InChI=1S/C53H37NS/c1-53(2)47-19-7-5-15-44(47)45-31-30-40(33-48(45)53)54(38-26-21-35(22-27-38)42-17-9-12-34-11-3-4-14-41(34)42)39-28-23-36(24-29-39)43-18-10-13-37-25-32-50-52(51(37)43)46-16-6-8-20-49(46)55-50/h3-33H,1-2H3. The summed E-state index contributed by atoms with van der Waals surface area (Å²) in [6, 6.07) is 69.6. The summed E-state index contributed by atoms with van der Waals surface area (Å²) in [4.78, 5) is 2.42. The molecule has 1 heterocycles. The van der Waals surface area contributed by atoms with Gasteiger partial charge in [0.05, 0.1) is 0 Å². The normalized spacial score (nSPS) is 13.1. The zero-order valence-electron chi connectivity index (χ0n) is 30.8. The molecule has 1 aromatic heterocycles. The van der Waals surface area contributed by atoms with Crippen molar-refractivity contribution >= 4 is 70.1 Å². The number of thiophene rings is 1. The van der Waals surface area contributed by atoms with Crippen LogP contribution in [0, 0.1) is 0 Å². The zero-order chi connectivity index (χ0) is 36.7. The minimum absolute atomic E-state index is 0.0960. The quantitative estimate of drug-likeness (QED) is 0.171. The number of benzene rings is 9. The third-order valence-corrected chi connectivity index (χ3v) is 13.0. The van der Waals surface area contributed by atoms with Crippen LogP contribution in [0.3, 0.4) is 0 Å². The van der Waals surface area contributed by atoms with Crippen molar-refractivity contribution in [1.82, 2.24) is 0 Å². The predicted octanol–water partition coefficient (Wildman–Crippen LogP) is 15.5. The van der Waals surface area contributed by atoms with Crippen LogP contribution in [0.1, 0.15) is 25.0 Å². The van der Waals surface area contributed by atoms with Crippen LogP contribution in [-0.4, -0.2) is 0 Å². The Morgan fingerprint density at radius 1 is 0.382 bits per heavy atom. The summed E-state index contributed by atoms with van der Waals surface area (Å²) in [7, 11) is 0. The second kappa shape index (κ2) is 12.3. The molecule has 2 heteroatoms. The first kappa shape index (κ1) is 32.0. The molecule has 11 rings (SSSR count). The highest BCUT2D eigenvalue weighted by Crippen LogP contribution is 2.51. The second-order valence-electron chi connectivity index (χ2n) is 15.3. The van der Waals surface area contributed by atoms with Crippen molar-refractivity contribution < 1.29 is 0 Å². The molecule has 55 heavy (non-hydrogen) atoms. The van der Waals surface area contributed by atoms with Gasteiger partial charge in [0.2, 0.25) is 0 Å². The van der Waals surface area contributed by atoms with Gasteiger partial charge >= 0.3 is 0 Å². The maximum Gasteiger partial charge on any atom is 0.0465 e. The van der Waals surface area contributed by atoms with Gasteiger partial charge < -0.3 is 4.90 Å². The summed E-state index contributed by atoms with van der Waals surface area (Å²) in [5.41, 5.74) is 13.7. The largest absolute Gasteiger partial charge is 0.310 e. The number of anilines is 3. The van der Waals surface area contributed by atoms with E-state index in [1.807, 2.05) is 11.3 Å². The first-order valence-corrected chi connectivity index (χ1v) is 19.9. The molecule has 10 aromatic rings. The lowest BCUT2D eigenvalue weighted by Gasteiger charge is -2.28. The molecular weight excluding hydrogens is 683 g/mol. The lowest BCUT2D eigenvalue weighted by atomic mass is 9.82. The monoisotopic (exact) mass is 719 g/mol. The maximum atomic E-state index is 2.42. The van der Waals surface area contributed by atoms with Gasteiger partial charge in [-0.2, -0.15) is 0 Å². The number of rotatable bonds is 5. The summed E-state index contributed by atoms with van der Waals surface area (Å²) < 4.78 is 2.66. The van der Waals surface area contributed by atoms with Crippen molar-refractivity contribution in [3.05, 3.63) is 199 Å². The molecule has 0 atom stereocenters. The molecule has 0 amide bonds. The maximum absolute atomic E-state index is 2.42. The molecule has 0 N–H and O–H groups in total. The van der Waals surface area contributed by atoms with Crippen molar-refractivity contribution in [3.8, 4) is 33.4 Å². The van der Waals surface area contributed by atoms with Crippen LogP contribution in [0.5, 0.6) is 0 Å². The van der Waals surface area contributed by atoms with Crippen LogP contribution in [-0.2, 0) is 5.41 Å². The summed E-state index contributed by atoms with van der Waals surface area (Å²) >= 11 is 1.88. The summed E-state index contributed by atoms with van der Waals surface area (Å²) in [5, 5.41) is 7.81. The molecule has 0 unspecified atom stereocenters. The molecule has 260 valence electrons. The Kier molecular flexibility index (Phi) is 7.14. The Hall–Kier alpha value is -6.48. The molecule has 1 aliphatic rings. The van der Waals surface area contributed by atoms with E-state index in [0.29, 0.717) is 0 Å². The van der Waals surface area contributed by atoms with Crippen molar-refractivity contribution in [2.45, 2.75) is 19.3 Å². The van der Waals surface area contributed by atoms with Gasteiger partial charge in [-0.3, -0.25) is 0 Å². The average molecular weight is 720 g/mol. The van der Waals surface area contributed by atoms with Crippen LogP contribution in [0.15, 0.2) is 188 Å². The Morgan fingerprint density at radius 2 is 0.964 bits per heavy atom. The molecule has 0 aliphatic heterocycles. The third kappa shape index (κ3) is 4.99. The first-order valence-electron chi connectivity index (χ1n) is 19.1. The van der Waals surface area contributed by atoms with Gasteiger partial charge in [-0.05, 0) is 115 Å². The minimum Gasteiger partial charge on any atom is -0.310 e. The summed E-state index contributed by atoms with van der Waals surface area (Å²) in [6.07, 6.45) is 0. The lowest BCUT2D eigenvalue weighted by molar-refractivity contribution is 0.660. The van der Waals surface area contributed by atoms with Gasteiger partial charge in [0.15, 0.2) is 0 Å². The van der Waals surface area contributed by atoms with Crippen LogP contribution < -0.4 is 4.90 Å².